The summed E-state index contributed by atoms with van der Waals surface area (Å²) in [5.74, 6) is 0.936. The molecule has 0 aliphatic carbocycles. The summed E-state index contributed by atoms with van der Waals surface area (Å²) < 4.78 is 0.834. The number of carbonyl (C=O) groups excluding carboxylic acids is 1. The lowest BCUT2D eigenvalue weighted by Gasteiger charge is -1.90. The highest BCUT2D eigenvalue weighted by atomic mass is 32.2. The Bertz CT molecular complexity index is 274. The van der Waals surface area contributed by atoms with E-state index in [-0.39, 0.29) is 0 Å². The molecule has 0 aliphatic heterocycles. The second-order valence-electron chi connectivity index (χ2n) is 1.80. The molecule has 1 aromatic heterocycles. The van der Waals surface area contributed by atoms with Crippen LogP contribution in [-0.2, 0) is 0 Å². The molecule has 0 bridgehead atoms. The molecule has 7 heteroatoms. The van der Waals surface area contributed by atoms with Crippen LogP contribution < -0.4 is 11.1 Å². The first-order valence-corrected chi connectivity index (χ1v) is 5.05. The van der Waals surface area contributed by atoms with Crippen molar-refractivity contribution in [3.05, 3.63) is 0 Å². The van der Waals surface area contributed by atoms with Gasteiger partial charge in [0.2, 0.25) is 5.13 Å². The van der Waals surface area contributed by atoms with Crippen molar-refractivity contribution in [1.82, 2.24) is 10.2 Å². The number of thioether (sulfide) groups is 1. The van der Waals surface area contributed by atoms with E-state index in [1.807, 2.05) is 6.92 Å². The van der Waals surface area contributed by atoms with E-state index in [1.165, 1.54) is 11.3 Å². The van der Waals surface area contributed by atoms with Crippen LogP contribution in [-0.4, -0.2) is 22.0 Å². The lowest BCUT2D eigenvalue weighted by Crippen LogP contribution is -2.18. The highest BCUT2D eigenvalue weighted by molar-refractivity contribution is 8.01. The number of carbonyl (C=O) groups is 1. The molecule has 0 aromatic carbocycles. The molecule has 0 aliphatic rings. The Labute approximate surface area is 77.7 Å². The molecular weight excluding hydrogens is 196 g/mol. The van der Waals surface area contributed by atoms with Gasteiger partial charge in [-0.1, -0.05) is 30.0 Å². The van der Waals surface area contributed by atoms with Crippen LogP contribution in [0.5, 0.6) is 0 Å². The molecule has 66 valence electrons. The molecule has 0 atom stereocenters. The zero-order valence-electron chi connectivity index (χ0n) is 6.40. The molecule has 0 saturated carbocycles. The summed E-state index contributed by atoms with van der Waals surface area (Å²) in [6.45, 7) is 2.02. The average molecular weight is 204 g/mol. The van der Waals surface area contributed by atoms with Gasteiger partial charge in [0.05, 0.1) is 0 Å². The van der Waals surface area contributed by atoms with Crippen LogP contribution in [0, 0.1) is 0 Å². The van der Waals surface area contributed by atoms with Crippen molar-refractivity contribution >= 4 is 34.3 Å². The number of nitrogens with one attached hydrogen (secondary N) is 1. The highest BCUT2D eigenvalue weighted by Gasteiger charge is 2.04. The van der Waals surface area contributed by atoms with Crippen LogP contribution in [0.2, 0.25) is 0 Å². The summed E-state index contributed by atoms with van der Waals surface area (Å²) in [6.07, 6.45) is 0. The number of aromatic nitrogens is 2. The second-order valence-corrected chi connectivity index (χ2v) is 4.28. The Morgan fingerprint density at radius 1 is 1.75 bits per heavy atom. The van der Waals surface area contributed by atoms with Crippen molar-refractivity contribution in [2.45, 2.75) is 11.3 Å². The van der Waals surface area contributed by atoms with Crippen molar-refractivity contribution in [1.29, 1.82) is 0 Å². The smallest absolute Gasteiger partial charge is 0.318 e. The van der Waals surface area contributed by atoms with Crippen LogP contribution in [0.3, 0.4) is 0 Å². The minimum absolute atomic E-state index is 0.443. The first-order valence-electron chi connectivity index (χ1n) is 3.25. The molecule has 0 radical (unpaired) electrons. The van der Waals surface area contributed by atoms with Gasteiger partial charge < -0.3 is 5.73 Å². The van der Waals surface area contributed by atoms with Crippen LogP contribution in [0.25, 0.3) is 0 Å². The largest absolute Gasteiger partial charge is 0.351 e. The number of rotatable bonds is 3. The fourth-order valence-corrected chi connectivity index (χ4v) is 2.20. The van der Waals surface area contributed by atoms with Gasteiger partial charge in [-0.25, -0.2) is 4.79 Å². The summed E-state index contributed by atoms with van der Waals surface area (Å²) in [5, 5.41) is 10.3. The molecule has 0 spiro atoms. The van der Waals surface area contributed by atoms with Crippen LogP contribution >= 0.6 is 23.1 Å². The van der Waals surface area contributed by atoms with Crippen molar-refractivity contribution in [3.63, 3.8) is 0 Å². The van der Waals surface area contributed by atoms with Gasteiger partial charge in [0, 0.05) is 0 Å². The van der Waals surface area contributed by atoms with Crippen molar-refractivity contribution in [2.24, 2.45) is 5.73 Å². The number of hydrogen-bond donors (Lipinski definition) is 2. The number of nitrogens with zero attached hydrogens (tertiary/aromatic N) is 2. The van der Waals surface area contributed by atoms with Gasteiger partial charge >= 0.3 is 6.03 Å². The SMILES string of the molecule is CCSc1nnc(NC(N)=O)s1. The molecule has 1 heterocycles. The molecule has 12 heavy (non-hydrogen) atoms. The molecule has 0 fully saturated rings. The summed E-state index contributed by atoms with van der Waals surface area (Å²) in [5.41, 5.74) is 4.89. The molecule has 1 aromatic rings. The van der Waals surface area contributed by atoms with E-state index in [9.17, 15) is 4.79 Å². The minimum Gasteiger partial charge on any atom is -0.351 e. The van der Waals surface area contributed by atoms with E-state index in [0.29, 0.717) is 5.13 Å². The molecule has 0 unspecified atom stereocenters. The molecule has 3 N–H and O–H groups in total. The standard InChI is InChI=1S/C5H8N4OS2/c1-2-11-5-9-8-4(12-5)7-3(6)10/h2H2,1H3,(H3,6,7,8,10). The third-order valence-electron chi connectivity index (χ3n) is 0.904. The third-order valence-corrected chi connectivity index (χ3v) is 2.76. The Morgan fingerprint density at radius 2 is 2.50 bits per heavy atom. The van der Waals surface area contributed by atoms with E-state index in [4.69, 9.17) is 5.73 Å². The second kappa shape index (κ2) is 4.27. The Morgan fingerprint density at radius 3 is 3.08 bits per heavy atom. The van der Waals surface area contributed by atoms with Crippen LogP contribution in [0.1, 0.15) is 6.92 Å². The summed E-state index contributed by atoms with van der Waals surface area (Å²) in [4.78, 5) is 10.4. The first-order chi connectivity index (χ1) is 5.72. The Hall–Kier alpha value is -0.820. The van der Waals surface area contributed by atoms with Gasteiger partial charge in [-0.05, 0) is 5.75 Å². The fourth-order valence-electron chi connectivity index (χ4n) is 0.547. The van der Waals surface area contributed by atoms with Crippen molar-refractivity contribution in [2.75, 3.05) is 11.1 Å². The van der Waals surface area contributed by atoms with Crippen molar-refractivity contribution < 1.29 is 4.79 Å². The summed E-state index contributed by atoms with van der Waals surface area (Å²) in [7, 11) is 0. The predicted molar refractivity (Wildman–Crippen MR) is 49.5 cm³/mol. The molecule has 1 rings (SSSR count). The molecular formula is C5H8N4OS2. The monoisotopic (exact) mass is 204 g/mol. The summed E-state index contributed by atoms with van der Waals surface area (Å²) >= 11 is 2.89. The molecule has 2 amide bonds. The van der Waals surface area contributed by atoms with Gasteiger partial charge in [0.25, 0.3) is 0 Å². The highest BCUT2D eigenvalue weighted by Crippen LogP contribution is 2.24. The lowest BCUT2D eigenvalue weighted by molar-refractivity contribution is 0.259. The van der Waals surface area contributed by atoms with Gasteiger partial charge in [-0.15, -0.1) is 10.2 Å². The number of amides is 2. The lowest BCUT2D eigenvalue weighted by atomic mass is 11.0. The van der Waals surface area contributed by atoms with Crippen LogP contribution in [0.4, 0.5) is 9.93 Å². The zero-order valence-corrected chi connectivity index (χ0v) is 8.04. The normalized spacial score (nSPS) is 9.75. The topological polar surface area (TPSA) is 80.9 Å². The Balaban J connectivity index is 2.58. The number of nitrogens with two attached hydrogens (primary N) is 1. The minimum atomic E-state index is -0.612. The zero-order chi connectivity index (χ0) is 8.97. The number of primary amides is 1. The van der Waals surface area contributed by atoms with E-state index < -0.39 is 6.03 Å². The van der Waals surface area contributed by atoms with E-state index in [1.54, 1.807) is 11.8 Å². The molecule has 5 nitrogen and oxygen atoms in total. The maximum absolute atomic E-state index is 10.4. The maximum Gasteiger partial charge on any atom is 0.318 e. The number of urea groups is 1. The van der Waals surface area contributed by atoms with E-state index >= 15 is 0 Å². The van der Waals surface area contributed by atoms with Crippen LogP contribution in [0.15, 0.2) is 4.34 Å². The van der Waals surface area contributed by atoms with Gasteiger partial charge in [0.1, 0.15) is 0 Å². The fraction of sp³-hybridized carbons (Fsp3) is 0.400. The van der Waals surface area contributed by atoms with E-state index in [0.717, 1.165) is 10.1 Å². The first kappa shape index (κ1) is 9.27. The number of hydrogen-bond acceptors (Lipinski definition) is 5. The third kappa shape index (κ3) is 2.67. The summed E-state index contributed by atoms with van der Waals surface area (Å²) in [6, 6.07) is -0.612. The van der Waals surface area contributed by atoms with Gasteiger partial charge in [0.15, 0.2) is 4.34 Å². The quantitative estimate of drug-likeness (QED) is 0.571. The van der Waals surface area contributed by atoms with Gasteiger partial charge in [-0.2, -0.15) is 0 Å². The average Bonchev–Trinajstić information content (AvgIpc) is 2.36. The number of anilines is 1. The predicted octanol–water partition coefficient (Wildman–Crippen LogP) is 1.14. The Kier molecular flexibility index (Phi) is 3.30. The molecule has 0 saturated heterocycles. The maximum atomic E-state index is 10.4. The van der Waals surface area contributed by atoms with E-state index in [2.05, 4.69) is 15.5 Å². The van der Waals surface area contributed by atoms with Crippen molar-refractivity contribution in [3.8, 4) is 0 Å². The van der Waals surface area contributed by atoms with Gasteiger partial charge in [-0.3, -0.25) is 5.32 Å².